The Hall–Kier alpha value is 0.570. The Morgan fingerprint density at radius 1 is 1.23 bits per heavy atom. The smallest absolute Gasteiger partial charge is 1.00 e. The van der Waals surface area contributed by atoms with Gasteiger partial charge in [-0.05, 0) is 0 Å². The number of carboxylic acids is 1. The summed E-state index contributed by atoms with van der Waals surface area (Å²) in [6, 6.07) is 0. The van der Waals surface area contributed by atoms with Gasteiger partial charge in [0, 0.05) is 6.42 Å². The van der Waals surface area contributed by atoms with Crippen molar-refractivity contribution in [2.24, 2.45) is 0 Å². The van der Waals surface area contributed by atoms with Crippen molar-refractivity contribution >= 4 is 43.7 Å². The quantitative estimate of drug-likeness (QED) is 0.325. The van der Waals surface area contributed by atoms with Gasteiger partial charge < -0.3 is 28.4 Å². The van der Waals surface area contributed by atoms with E-state index in [1.54, 1.807) is 0 Å². The van der Waals surface area contributed by atoms with E-state index in [9.17, 15) is 4.79 Å². The number of aliphatic carboxylic acids is 1. The fourth-order valence-electron chi connectivity index (χ4n) is 0.608. The number of carboxylic acid groups (broad SMARTS) is 1. The molecule has 0 aliphatic rings. The Morgan fingerprint density at radius 2 is 1.69 bits per heavy atom. The second-order valence-electron chi connectivity index (χ2n) is 2.41. The first kappa shape index (κ1) is 16.0. The van der Waals surface area contributed by atoms with Gasteiger partial charge >= 0.3 is 43.7 Å². The average Bonchev–Trinajstić information content (AvgIpc) is 2.02. The van der Waals surface area contributed by atoms with Crippen molar-refractivity contribution in [3.8, 4) is 0 Å². The second kappa shape index (κ2) is 7.93. The van der Waals surface area contributed by atoms with Crippen LogP contribution < -0.4 is 0 Å². The van der Waals surface area contributed by atoms with Gasteiger partial charge in [0.2, 0.25) is 0 Å². The molecular weight excluding hydrogens is 208 g/mol. The molecule has 0 aromatic carbocycles. The van der Waals surface area contributed by atoms with Gasteiger partial charge in [0.1, 0.15) is 6.10 Å². The Kier molecular flexibility index (Phi) is 9.77. The number of hydrogen-bond donors (Lipinski definition) is 5. The molecule has 7 heteroatoms. The van der Waals surface area contributed by atoms with Crippen LogP contribution in [0.5, 0.6) is 0 Å². The van der Waals surface area contributed by atoms with Crippen molar-refractivity contribution in [3.05, 3.63) is 0 Å². The molecule has 0 aliphatic carbocycles. The van der Waals surface area contributed by atoms with Gasteiger partial charge in [0.25, 0.3) is 0 Å². The SMILES string of the molecule is O=C(O)[C@@H](O)C[C@H](O)[C@H](O)CO.[Ca+2].[H-].[H-]. The topological polar surface area (TPSA) is 118 Å². The molecule has 0 aromatic heterocycles. The van der Waals surface area contributed by atoms with Gasteiger partial charge in [-0.3, -0.25) is 0 Å². The predicted octanol–water partition coefficient (Wildman–Crippen LogP) is -2.62. The van der Waals surface area contributed by atoms with Crippen molar-refractivity contribution in [2.75, 3.05) is 6.61 Å². The average molecular weight is 222 g/mol. The maximum atomic E-state index is 10.0. The third-order valence-corrected chi connectivity index (χ3v) is 1.38. The van der Waals surface area contributed by atoms with Crippen molar-refractivity contribution in [2.45, 2.75) is 24.7 Å². The van der Waals surface area contributed by atoms with Crippen LogP contribution in [0.2, 0.25) is 0 Å². The van der Waals surface area contributed by atoms with E-state index in [-0.39, 0.29) is 40.6 Å². The minimum Gasteiger partial charge on any atom is -1.00 e. The van der Waals surface area contributed by atoms with Gasteiger partial charge in [-0.1, -0.05) is 0 Å². The van der Waals surface area contributed by atoms with Crippen molar-refractivity contribution < 1.29 is 33.2 Å². The predicted molar refractivity (Wildman–Crippen MR) is 45.3 cm³/mol. The van der Waals surface area contributed by atoms with Crippen LogP contribution in [0.1, 0.15) is 9.27 Å². The summed E-state index contributed by atoms with van der Waals surface area (Å²) in [5.74, 6) is -1.47. The first-order chi connectivity index (χ1) is 5.49. The van der Waals surface area contributed by atoms with Crippen molar-refractivity contribution in [3.63, 3.8) is 0 Å². The maximum absolute atomic E-state index is 10.0. The Bertz CT molecular complexity index is 161. The molecule has 0 heterocycles. The molecule has 0 aromatic rings. The number of hydrogen-bond acceptors (Lipinski definition) is 5. The second-order valence-corrected chi connectivity index (χ2v) is 2.41. The molecule has 0 aliphatic heterocycles. The minimum atomic E-state index is -1.72. The summed E-state index contributed by atoms with van der Waals surface area (Å²) in [5, 5.41) is 42.8. The first-order valence-corrected chi connectivity index (χ1v) is 3.37. The fourth-order valence-corrected chi connectivity index (χ4v) is 0.608. The molecule has 6 nitrogen and oxygen atoms in total. The van der Waals surface area contributed by atoms with Crippen molar-refractivity contribution in [1.29, 1.82) is 0 Å². The minimum absolute atomic E-state index is 0. The maximum Gasteiger partial charge on any atom is 2.00 e. The van der Waals surface area contributed by atoms with Crippen LogP contribution in [-0.2, 0) is 4.79 Å². The summed E-state index contributed by atoms with van der Waals surface area (Å²) in [7, 11) is 0. The van der Waals surface area contributed by atoms with E-state index in [0.717, 1.165) is 0 Å². The van der Waals surface area contributed by atoms with E-state index >= 15 is 0 Å². The third-order valence-electron chi connectivity index (χ3n) is 1.38. The summed E-state index contributed by atoms with van der Waals surface area (Å²) in [6.45, 7) is -0.673. The van der Waals surface area contributed by atoms with E-state index in [4.69, 9.17) is 25.5 Å². The first-order valence-electron chi connectivity index (χ1n) is 3.37. The monoisotopic (exact) mass is 222 g/mol. The summed E-state index contributed by atoms with van der Waals surface area (Å²) >= 11 is 0. The van der Waals surface area contributed by atoms with E-state index < -0.39 is 37.3 Å². The summed E-state index contributed by atoms with van der Waals surface area (Å²) in [5.41, 5.74) is 0. The molecule has 0 saturated carbocycles. The molecule has 0 bridgehead atoms. The molecule has 76 valence electrons. The Morgan fingerprint density at radius 3 is 2.00 bits per heavy atom. The van der Waals surface area contributed by atoms with E-state index in [2.05, 4.69) is 0 Å². The summed E-state index contributed by atoms with van der Waals surface area (Å²) in [6.07, 6.45) is -5.07. The van der Waals surface area contributed by atoms with Crippen LogP contribution in [0.4, 0.5) is 0 Å². The molecule has 0 radical (unpaired) electrons. The summed E-state index contributed by atoms with van der Waals surface area (Å²) < 4.78 is 0. The molecule has 0 amide bonds. The van der Waals surface area contributed by atoms with Crippen LogP contribution in [0.3, 0.4) is 0 Å². The zero-order valence-corrected chi connectivity index (χ0v) is 9.21. The third kappa shape index (κ3) is 6.62. The van der Waals surface area contributed by atoms with Gasteiger partial charge in [-0.15, -0.1) is 0 Å². The Labute approximate surface area is 108 Å². The van der Waals surface area contributed by atoms with E-state index in [1.807, 2.05) is 0 Å². The molecule has 0 spiro atoms. The van der Waals surface area contributed by atoms with Crippen LogP contribution in [0, 0.1) is 0 Å². The fraction of sp³-hybridized carbons (Fsp3) is 0.833. The van der Waals surface area contributed by atoms with Crippen LogP contribution in [0.25, 0.3) is 0 Å². The largest absolute Gasteiger partial charge is 2.00 e. The van der Waals surface area contributed by atoms with E-state index in [0.29, 0.717) is 0 Å². The normalized spacial score (nSPS) is 16.9. The molecule has 0 unspecified atom stereocenters. The van der Waals surface area contributed by atoms with Crippen molar-refractivity contribution in [1.82, 2.24) is 0 Å². The summed E-state index contributed by atoms with van der Waals surface area (Å²) in [4.78, 5) is 10.0. The van der Waals surface area contributed by atoms with Crippen LogP contribution >= 0.6 is 0 Å². The molecule has 0 saturated heterocycles. The van der Waals surface area contributed by atoms with Gasteiger partial charge in [-0.25, -0.2) is 4.79 Å². The number of aliphatic hydroxyl groups is 4. The van der Waals surface area contributed by atoms with Gasteiger partial charge in [-0.2, -0.15) is 0 Å². The van der Waals surface area contributed by atoms with Crippen LogP contribution in [-0.4, -0.2) is 94.2 Å². The number of aliphatic hydroxyl groups excluding tert-OH is 4. The van der Waals surface area contributed by atoms with Gasteiger partial charge in [0.15, 0.2) is 6.10 Å². The number of rotatable bonds is 5. The zero-order valence-electron chi connectivity index (χ0n) is 9.00. The van der Waals surface area contributed by atoms with E-state index in [1.165, 1.54) is 0 Å². The standard InChI is InChI=1S/C6H12O6.Ca.2H/c7-2-5(10)3(8)1-4(9)6(11)12;;;/h3-5,7-10H,1-2H2,(H,11,12);;;/q;+2;2*-1/t3-,4-,5+;;;/m0.../s1. The number of carbonyl (C=O) groups is 1. The molecule has 13 heavy (non-hydrogen) atoms. The zero-order chi connectivity index (χ0) is 9.72. The molecular formula is C6H14CaO6. The molecule has 0 rings (SSSR count). The molecule has 5 N–H and O–H groups in total. The molecule has 3 atom stereocenters. The molecule has 0 fully saturated rings. The Balaban J connectivity index is -0.000000202. The van der Waals surface area contributed by atoms with Gasteiger partial charge in [0.05, 0.1) is 12.7 Å². The van der Waals surface area contributed by atoms with Crippen LogP contribution in [0.15, 0.2) is 0 Å².